The van der Waals surface area contributed by atoms with E-state index >= 15 is 0 Å². The van der Waals surface area contributed by atoms with E-state index in [0.29, 0.717) is 50.9 Å². The number of carbonyl (C=O) groups is 2. The highest BCUT2D eigenvalue weighted by Gasteiger charge is 2.53. The number of alkyl carbamates (subject to hydrolysis) is 1. The molecule has 1 N–H and O–H groups in total. The number of hydrogen-bond donors (Lipinski definition) is 1. The van der Waals surface area contributed by atoms with Gasteiger partial charge in [0.05, 0.1) is 10.6 Å². The Morgan fingerprint density at radius 3 is 2.55 bits per heavy atom. The van der Waals surface area contributed by atoms with E-state index in [2.05, 4.69) is 10.1 Å². The summed E-state index contributed by atoms with van der Waals surface area (Å²) in [5.41, 5.74) is 0.205. The highest BCUT2D eigenvalue weighted by Crippen LogP contribution is 2.43. The fourth-order valence-electron chi connectivity index (χ4n) is 4.49. The molecule has 2 saturated heterocycles. The highest BCUT2D eigenvalue weighted by molar-refractivity contribution is 6.32. The molecule has 29 heavy (non-hydrogen) atoms. The maximum atomic E-state index is 12.7. The fraction of sp³-hybridized carbons (Fsp3) is 0.579. The van der Waals surface area contributed by atoms with Gasteiger partial charge in [0.15, 0.2) is 0 Å². The van der Waals surface area contributed by atoms with Gasteiger partial charge in [0.25, 0.3) is 0 Å². The first-order valence-corrected chi connectivity index (χ1v) is 9.81. The number of carbonyl (C=O) groups excluding carboxylic acids is 2. The molecule has 1 spiro atoms. The van der Waals surface area contributed by atoms with Crippen molar-refractivity contribution in [3.8, 4) is 5.75 Å². The summed E-state index contributed by atoms with van der Waals surface area (Å²) in [6.07, 6.45) is -2.88. The maximum Gasteiger partial charge on any atom is 0.573 e. The number of cyclic esters (lactones) is 1. The van der Waals surface area contributed by atoms with Gasteiger partial charge in [0.2, 0.25) is 5.91 Å². The lowest BCUT2D eigenvalue weighted by molar-refractivity contribution is -0.274. The summed E-state index contributed by atoms with van der Waals surface area (Å²) in [7, 11) is 0. The molecule has 1 aliphatic carbocycles. The van der Waals surface area contributed by atoms with Gasteiger partial charge >= 0.3 is 12.5 Å². The third-order valence-electron chi connectivity index (χ3n) is 5.94. The number of rotatable bonds is 3. The van der Waals surface area contributed by atoms with Crippen molar-refractivity contribution in [2.24, 2.45) is 5.92 Å². The first-order chi connectivity index (χ1) is 13.7. The number of alkyl halides is 3. The van der Waals surface area contributed by atoms with E-state index in [1.807, 2.05) is 0 Å². The van der Waals surface area contributed by atoms with Crippen LogP contribution in [0.5, 0.6) is 5.75 Å². The number of benzene rings is 1. The standard InChI is InChI=1S/C19H20ClF3N2O4/c20-15-13(2-1-3-14(15)29-19(21,22)23)11-4-6-25(7-5-11)16(26)12-8-18(9-12)10-28-17(27)24-18/h1-3,11-12H,4-10H2,(H,24,27). The average molecular weight is 433 g/mol. The summed E-state index contributed by atoms with van der Waals surface area (Å²) >= 11 is 6.16. The van der Waals surface area contributed by atoms with Crippen LogP contribution in [-0.2, 0) is 9.53 Å². The van der Waals surface area contributed by atoms with Gasteiger partial charge in [-0.25, -0.2) is 4.79 Å². The lowest BCUT2D eigenvalue weighted by atomic mass is 9.68. The summed E-state index contributed by atoms with van der Waals surface area (Å²) in [5, 5.41) is 2.74. The molecule has 0 unspecified atom stereocenters. The van der Waals surface area contributed by atoms with Crippen LogP contribution in [0.3, 0.4) is 0 Å². The lowest BCUT2D eigenvalue weighted by Gasteiger charge is -2.45. The molecule has 2 heterocycles. The smallest absolute Gasteiger partial charge is 0.447 e. The first kappa shape index (κ1) is 20.1. The van der Waals surface area contributed by atoms with Crippen molar-refractivity contribution in [3.63, 3.8) is 0 Å². The van der Waals surface area contributed by atoms with Gasteiger partial charge in [-0.2, -0.15) is 0 Å². The van der Waals surface area contributed by atoms with E-state index < -0.39 is 23.7 Å². The molecular formula is C19H20ClF3N2O4. The molecular weight excluding hydrogens is 413 g/mol. The van der Waals surface area contributed by atoms with Gasteiger partial charge in [0.1, 0.15) is 12.4 Å². The average Bonchev–Trinajstić information content (AvgIpc) is 3.03. The monoisotopic (exact) mass is 432 g/mol. The summed E-state index contributed by atoms with van der Waals surface area (Å²) in [4.78, 5) is 25.7. The van der Waals surface area contributed by atoms with Gasteiger partial charge in [-0.15, -0.1) is 13.2 Å². The zero-order valence-electron chi connectivity index (χ0n) is 15.4. The van der Waals surface area contributed by atoms with Gasteiger partial charge in [-0.1, -0.05) is 23.7 Å². The van der Waals surface area contributed by atoms with Crippen molar-refractivity contribution < 1.29 is 32.2 Å². The maximum absolute atomic E-state index is 12.7. The number of hydrogen-bond acceptors (Lipinski definition) is 4. The Labute approximate surface area is 170 Å². The molecule has 4 rings (SSSR count). The van der Waals surface area contributed by atoms with Crippen molar-refractivity contribution in [3.05, 3.63) is 28.8 Å². The molecule has 3 aliphatic rings. The van der Waals surface area contributed by atoms with Crippen LogP contribution in [-0.4, -0.2) is 48.5 Å². The number of amides is 2. The zero-order chi connectivity index (χ0) is 20.8. The van der Waals surface area contributed by atoms with Crippen LogP contribution in [0.1, 0.15) is 37.2 Å². The Balaban J connectivity index is 1.34. The quantitative estimate of drug-likeness (QED) is 0.788. The molecule has 6 nitrogen and oxygen atoms in total. The summed E-state index contributed by atoms with van der Waals surface area (Å²) in [6.45, 7) is 1.32. The molecule has 1 aromatic carbocycles. The Morgan fingerprint density at radius 2 is 1.97 bits per heavy atom. The van der Waals surface area contributed by atoms with Crippen molar-refractivity contribution in [1.29, 1.82) is 0 Å². The van der Waals surface area contributed by atoms with E-state index in [-0.39, 0.29) is 22.8 Å². The molecule has 2 aliphatic heterocycles. The summed E-state index contributed by atoms with van der Waals surface area (Å²) in [6, 6.07) is 4.38. The Hall–Kier alpha value is -2.16. The van der Waals surface area contributed by atoms with Crippen LogP contribution in [0.15, 0.2) is 18.2 Å². The number of halogens is 4. The predicted molar refractivity (Wildman–Crippen MR) is 96.6 cm³/mol. The van der Waals surface area contributed by atoms with Crippen LogP contribution < -0.4 is 10.1 Å². The Morgan fingerprint density at radius 1 is 1.28 bits per heavy atom. The summed E-state index contributed by atoms with van der Waals surface area (Å²) < 4.78 is 46.5. The van der Waals surface area contributed by atoms with E-state index in [0.717, 1.165) is 0 Å². The molecule has 0 radical (unpaired) electrons. The number of ether oxygens (including phenoxy) is 2. The normalized spacial score (nSPS) is 27.4. The topological polar surface area (TPSA) is 67.9 Å². The van der Waals surface area contributed by atoms with Crippen LogP contribution >= 0.6 is 11.6 Å². The number of nitrogens with zero attached hydrogens (tertiary/aromatic N) is 1. The zero-order valence-corrected chi connectivity index (χ0v) is 16.2. The molecule has 0 aromatic heterocycles. The van der Waals surface area contributed by atoms with E-state index in [9.17, 15) is 22.8 Å². The van der Waals surface area contributed by atoms with Gasteiger partial charge in [-0.05, 0) is 43.2 Å². The van der Waals surface area contributed by atoms with Gasteiger partial charge in [0, 0.05) is 19.0 Å². The van der Waals surface area contributed by atoms with E-state index in [1.54, 1.807) is 11.0 Å². The minimum Gasteiger partial charge on any atom is -0.447 e. The Bertz CT molecular complexity index is 818. The van der Waals surface area contributed by atoms with Crippen molar-refractivity contribution in [2.45, 2.75) is 43.5 Å². The largest absolute Gasteiger partial charge is 0.573 e. The van der Waals surface area contributed by atoms with E-state index in [1.165, 1.54) is 12.1 Å². The van der Waals surface area contributed by atoms with Crippen LogP contribution in [0.2, 0.25) is 5.02 Å². The highest BCUT2D eigenvalue weighted by atomic mass is 35.5. The number of likely N-dealkylation sites (tertiary alicyclic amines) is 1. The number of piperidine rings is 1. The molecule has 2 amide bonds. The second kappa shape index (κ2) is 7.27. The number of nitrogens with one attached hydrogen (secondary N) is 1. The molecule has 158 valence electrons. The molecule has 1 saturated carbocycles. The molecule has 0 atom stereocenters. The van der Waals surface area contributed by atoms with Crippen LogP contribution in [0.4, 0.5) is 18.0 Å². The predicted octanol–water partition coefficient (Wildman–Crippen LogP) is 3.83. The minimum absolute atomic E-state index is 0.0347. The van der Waals surface area contributed by atoms with Crippen molar-refractivity contribution in [1.82, 2.24) is 10.2 Å². The second-order valence-electron chi connectivity index (χ2n) is 7.89. The van der Waals surface area contributed by atoms with Crippen molar-refractivity contribution >= 4 is 23.6 Å². The van der Waals surface area contributed by atoms with Crippen LogP contribution in [0, 0.1) is 5.92 Å². The third-order valence-corrected chi connectivity index (χ3v) is 6.34. The molecule has 1 aromatic rings. The molecule has 10 heteroatoms. The summed E-state index contributed by atoms with van der Waals surface area (Å²) in [5.74, 6) is -0.537. The molecule has 3 fully saturated rings. The van der Waals surface area contributed by atoms with Gasteiger partial charge < -0.3 is 19.7 Å². The molecule has 0 bridgehead atoms. The van der Waals surface area contributed by atoms with Gasteiger partial charge in [-0.3, -0.25) is 4.79 Å². The fourth-order valence-corrected chi connectivity index (χ4v) is 4.80. The minimum atomic E-state index is -4.80. The third kappa shape index (κ3) is 4.10. The van der Waals surface area contributed by atoms with E-state index in [4.69, 9.17) is 16.3 Å². The first-order valence-electron chi connectivity index (χ1n) is 9.44. The second-order valence-corrected chi connectivity index (χ2v) is 8.27. The van der Waals surface area contributed by atoms with Crippen LogP contribution in [0.25, 0.3) is 0 Å². The lowest BCUT2D eigenvalue weighted by Crippen LogP contribution is -2.58. The van der Waals surface area contributed by atoms with Crippen molar-refractivity contribution in [2.75, 3.05) is 19.7 Å². The Kier molecular flexibility index (Phi) is 5.04. The SMILES string of the molecule is O=C1NC2(CO1)CC(C(=O)N1CCC(c3cccc(OC(F)(F)F)c3Cl)CC1)C2.